The fraction of sp³-hybridized carbons (Fsp3) is 0.538. The maximum Gasteiger partial charge on any atom is 0.161 e. The van der Waals surface area contributed by atoms with Crippen LogP contribution in [0.5, 0.6) is 11.5 Å². The summed E-state index contributed by atoms with van der Waals surface area (Å²) >= 11 is 0. The SMILES string of the molecule is CCC(C)(O)C(O)c1ccc(OC)c(OC)c1. The predicted octanol–water partition coefficient (Wildman–Crippen LogP) is 1.90. The Morgan fingerprint density at radius 3 is 2.29 bits per heavy atom. The summed E-state index contributed by atoms with van der Waals surface area (Å²) in [5.41, 5.74) is -0.547. The summed E-state index contributed by atoms with van der Waals surface area (Å²) in [4.78, 5) is 0. The zero-order valence-corrected chi connectivity index (χ0v) is 10.7. The number of rotatable bonds is 5. The van der Waals surface area contributed by atoms with Crippen LogP contribution in [0.25, 0.3) is 0 Å². The van der Waals surface area contributed by atoms with Crippen LogP contribution < -0.4 is 9.47 Å². The van der Waals surface area contributed by atoms with Gasteiger partial charge in [-0.2, -0.15) is 0 Å². The second kappa shape index (κ2) is 5.38. The molecule has 0 aromatic heterocycles. The quantitative estimate of drug-likeness (QED) is 0.825. The molecule has 0 aliphatic rings. The molecule has 0 amide bonds. The van der Waals surface area contributed by atoms with Crippen LogP contribution in [0.3, 0.4) is 0 Å². The van der Waals surface area contributed by atoms with Gasteiger partial charge in [0, 0.05) is 0 Å². The monoisotopic (exact) mass is 240 g/mol. The molecule has 0 aliphatic heterocycles. The predicted molar refractivity (Wildman–Crippen MR) is 65.4 cm³/mol. The van der Waals surface area contributed by atoms with Crippen LogP contribution >= 0.6 is 0 Å². The average molecular weight is 240 g/mol. The van der Waals surface area contributed by atoms with Gasteiger partial charge in [-0.1, -0.05) is 13.0 Å². The minimum atomic E-state index is -1.15. The van der Waals surface area contributed by atoms with E-state index in [9.17, 15) is 10.2 Å². The molecule has 1 aromatic carbocycles. The topological polar surface area (TPSA) is 58.9 Å². The summed E-state index contributed by atoms with van der Waals surface area (Å²) in [5.74, 6) is 1.13. The van der Waals surface area contributed by atoms with E-state index in [0.29, 0.717) is 23.5 Å². The highest BCUT2D eigenvalue weighted by Crippen LogP contribution is 2.34. The number of methoxy groups -OCH3 is 2. The molecule has 0 saturated heterocycles. The smallest absolute Gasteiger partial charge is 0.161 e. The molecule has 1 aromatic rings. The molecule has 0 bridgehead atoms. The minimum Gasteiger partial charge on any atom is -0.493 e. The van der Waals surface area contributed by atoms with Crippen LogP contribution in [0, 0.1) is 0 Å². The third-order valence-corrected chi connectivity index (χ3v) is 3.03. The Bertz CT molecular complexity index is 374. The molecule has 0 heterocycles. The van der Waals surface area contributed by atoms with Gasteiger partial charge in [0.05, 0.1) is 19.8 Å². The van der Waals surface area contributed by atoms with E-state index in [0.717, 1.165) is 0 Å². The van der Waals surface area contributed by atoms with Crippen LogP contribution in [-0.2, 0) is 0 Å². The second-order valence-electron chi connectivity index (χ2n) is 4.23. The lowest BCUT2D eigenvalue weighted by atomic mass is 9.90. The van der Waals surface area contributed by atoms with Crippen molar-refractivity contribution in [2.75, 3.05) is 14.2 Å². The molecular weight excluding hydrogens is 220 g/mol. The zero-order chi connectivity index (χ0) is 13.1. The van der Waals surface area contributed by atoms with Gasteiger partial charge in [-0.25, -0.2) is 0 Å². The van der Waals surface area contributed by atoms with Crippen LogP contribution in [-0.4, -0.2) is 30.0 Å². The van der Waals surface area contributed by atoms with E-state index in [1.54, 1.807) is 32.2 Å². The van der Waals surface area contributed by atoms with Crippen LogP contribution in [0.2, 0.25) is 0 Å². The Kier molecular flexibility index (Phi) is 4.37. The third kappa shape index (κ3) is 2.90. The Morgan fingerprint density at radius 2 is 1.82 bits per heavy atom. The fourth-order valence-corrected chi connectivity index (χ4v) is 1.58. The van der Waals surface area contributed by atoms with Gasteiger partial charge in [0.25, 0.3) is 0 Å². The summed E-state index contributed by atoms with van der Waals surface area (Å²) in [6.45, 7) is 3.43. The average Bonchev–Trinajstić information content (AvgIpc) is 2.36. The largest absolute Gasteiger partial charge is 0.493 e. The summed E-state index contributed by atoms with van der Waals surface area (Å²) in [6.07, 6.45) is -0.491. The molecule has 1 rings (SSSR count). The summed E-state index contributed by atoms with van der Waals surface area (Å²) in [5, 5.41) is 20.1. The highest BCUT2D eigenvalue weighted by atomic mass is 16.5. The fourth-order valence-electron chi connectivity index (χ4n) is 1.58. The number of ether oxygens (including phenoxy) is 2. The maximum absolute atomic E-state index is 10.1. The summed E-state index contributed by atoms with van der Waals surface area (Å²) in [6, 6.07) is 5.10. The standard InChI is InChI=1S/C13H20O4/c1-5-13(2,15)12(14)9-6-7-10(16-3)11(8-9)17-4/h6-8,12,14-15H,5H2,1-4H3. The van der Waals surface area contributed by atoms with E-state index >= 15 is 0 Å². The van der Waals surface area contributed by atoms with Gasteiger partial charge < -0.3 is 19.7 Å². The lowest BCUT2D eigenvalue weighted by Crippen LogP contribution is -2.31. The highest BCUT2D eigenvalue weighted by Gasteiger charge is 2.30. The van der Waals surface area contributed by atoms with Crippen molar-refractivity contribution in [3.63, 3.8) is 0 Å². The second-order valence-corrected chi connectivity index (χ2v) is 4.23. The van der Waals surface area contributed by atoms with E-state index in [-0.39, 0.29) is 0 Å². The molecule has 17 heavy (non-hydrogen) atoms. The lowest BCUT2D eigenvalue weighted by molar-refractivity contribution is -0.0659. The first-order chi connectivity index (χ1) is 7.96. The van der Waals surface area contributed by atoms with E-state index in [4.69, 9.17) is 9.47 Å². The van der Waals surface area contributed by atoms with Gasteiger partial charge in [-0.15, -0.1) is 0 Å². The molecule has 0 radical (unpaired) electrons. The van der Waals surface area contributed by atoms with Crippen molar-refractivity contribution in [1.29, 1.82) is 0 Å². The Hall–Kier alpha value is -1.26. The number of hydrogen-bond acceptors (Lipinski definition) is 4. The van der Waals surface area contributed by atoms with Crippen molar-refractivity contribution in [3.05, 3.63) is 23.8 Å². The number of aliphatic hydroxyl groups excluding tert-OH is 1. The van der Waals surface area contributed by atoms with Crippen molar-refractivity contribution >= 4 is 0 Å². The maximum atomic E-state index is 10.1. The highest BCUT2D eigenvalue weighted by molar-refractivity contribution is 5.43. The van der Waals surface area contributed by atoms with E-state index in [2.05, 4.69) is 0 Å². The van der Waals surface area contributed by atoms with E-state index in [1.165, 1.54) is 7.11 Å². The first-order valence-electron chi connectivity index (χ1n) is 5.58. The van der Waals surface area contributed by atoms with Crippen LogP contribution in [0.15, 0.2) is 18.2 Å². The molecule has 96 valence electrons. The number of hydrogen-bond donors (Lipinski definition) is 2. The molecule has 4 nitrogen and oxygen atoms in total. The van der Waals surface area contributed by atoms with Gasteiger partial charge in [-0.3, -0.25) is 0 Å². The summed E-state index contributed by atoms with van der Waals surface area (Å²) in [7, 11) is 3.09. The third-order valence-electron chi connectivity index (χ3n) is 3.03. The van der Waals surface area contributed by atoms with Gasteiger partial charge >= 0.3 is 0 Å². The minimum absolute atomic E-state index is 0.461. The van der Waals surface area contributed by atoms with Crippen molar-refractivity contribution < 1.29 is 19.7 Å². The van der Waals surface area contributed by atoms with Crippen molar-refractivity contribution in [3.8, 4) is 11.5 Å². The Labute approximate surface area is 102 Å². The lowest BCUT2D eigenvalue weighted by Gasteiger charge is -2.28. The molecule has 2 atom stereocenters. The molecule has 4 heteroatoms. The number of benzene rings is 1. The molecule has 2 unspecified atom stereocenters. The molecule has 0 fully saturated rings. The van der Waals surface area contributed by atoms with Crippen LogP contribution in [0.1, 0.15) is 31.9 Å². The van der Waals surface area contributed by atoms with Crippen molar-refractivity contribution in [2.24, 2.45) is 0 Å². The van der Waals surface area contributed by atoms with Gasteiger partial charge in [0.2, 0.25) is 0 Å². The Balaban J connectivity index is 3.07. The normalized spacial score (nSPS) is 16.1. The molecule has 0 aliphatic carbocycles. The van der Waals surface area contributed by atoms with Gasteiger partial charge in [-0.05, 0) is 31.0 Å². The summed E-state index contributed by atoms with van der Waals surface area (Å²) < 4.78 is 10.3. The van der Waals surface area contributed by atoms with E-state index in [1.807, 2.05) is 6.92 Å². The first-order valence-corrected chi connectivity index (χ1v) is 5.58. The molecular formula is C13H20O4. The van der Waals surface area contributed by atoms with Gasteiger partial charge in [0.15, 0.2) is 11.5 Å². The van der Waals surface area contributed by atoms with E-state index < -0.39 is 11.7 Å². The first kappa shape index (κ1) is 13.8. The Morgan fingerprint density at radius 1 is 1.24 bits per heavy atom. The van der Waals surface area contributed by atoms with Crippen molar-refractivity contribution in [1.82, 2.24) is 0 Å². The van der Waals surface area contributed by atoms with Crippen molar-refractivity contribution in [2.45, 2.75) is 32.0 Å². The molecule has 0 spiro atoms. The number of aliphatic hydroxyl groups is 2. The molecule has 0 saturated carbocycles. The molecule has 2 N–H and O–H groups in total. The zero-order valence-electron chi connectivity index (χ0n) is 10.7. The van der Waals surface area contributed by atoms with Crippen LogP contribution in [0.4, 0.5) is 0 Å². The van der Waals surface area contributed by atoms with Gasteiger partial charge in [0.1, 0.15) is 6.10 Å².